The van der Waals surface area contributed by atoms with Gasteiger partial charge in [0.2, 0.25) is 0 Å². The molecule has 1 aliphatic rings. The molecule has 19 heavy (non-hydrogen) atoms. The standard InChI is InChI=1S/C13H15ClN2O3/c1-13(8-19-2)11(17)16(12(18)15-13)7-9-3-5-10(14)6-4-9/h3-6H,7-8H2,1-2H3,(H,15,18)/t13-/m0/s1. The van der Waals surface area contributed by atoms with Crippen LogP contribution in [0.25, 0.3) is 0 Å². The van der Waals surface area contributed by atoms with E-state index in [1.807, 2.05) is 0 Å². The summed E-state index contributed by atoms with van der Waals surface area (Å²) < 4.78 is 4.98. The van der Waals surface area contributed by atoms with E-state index in [-0.39, 0.29) is 19.1 Å². The summed E-state index contributed by atoms with van der Waals surface area (Å²) in [5.74, 6) is -0.283. The van der Waals surface area contributed by atoms with Gasteiger partial charge in [0, 0.05) is 12.1 Å². The molecule has 1 atom stereocenters. The molecule has 1 aromatic carbocycles. The fourth-order valence-electron chi connectivity index (χ4n) is 2.05. The molecule has 0 radical (unpaired) electrons. The number of nitrogens with zero attached hydrogens (tertiary/aromatic N) is 1. The summed E-state index contributed by atoms with van der Waals surface area (Å²) in [5.41, 5.74) is -0.146. The first-order valence-electron chi connectivity index (χ1n) is 5.84. The first kappa shape index (κ1) is 13.8. The van der Waals surface area contributed by atoms with E-state index < -0.39 is 11.6 Å². The van der Waals surface area contributed by atoms with Crippen LogP contribution in [0.1, 0.15) is 12.5 Å². The largest absolute Gasteiger partial charge is 0.382 e. The lowest BCUT2D eigenvalue weighted by atomic mass is 10.0. The van der Waals surface area contributed by atoms with Crippen LogP contribution in [0, 0.1) is 0 Å². The van der Waals surface area contributed by atoms with Crippen molar-refractivity contribution in [2.45, 2.75) is 19.0 Å². The normalized spacial score (nSPS) is 22.8. The lowest BCUT2D eigenvalue weighted by molar-refractivity contribution is -0.132. The van der Waals surface area contributed by atoms with Gasteiger partial charge in [-0.2, -0.15) is 0 Å². The Kier molecular flexibility index (Phi) is 3.78. The summed E-state index contributed by atoms with van der Waals surface area (Å²) in [5, 5.41) is 3.26. The van der Waals surface area contributed by atoms with Crippen LogP contribution in [0.3, 0.4) is 0 Å². The molecule has 0 unspecified atom stereocenters. The molecular weight excluding hydrogens is 268 g/mol. The highest BCUT2D eigenvalue weighted by atomic mass is 35.5. The number of hydrogen-bond donors (Lipinski definition) is 1. The molecule has 1 saturated heterocycles. The molecule has 0 saturated carbocycles. The minimum absolute atomic E-state index is 0.148. The van der Waals surface area contributed by atoms with Gasteiger partial charge in [-0.05, 0) is 24.6 Å². The van der Waals surface area contributed by atoms with Crippen molar-refractivity contribution in [3.05, 3.63) is 34.9 Å². The van der Waals surface area contributed by atoms with E-state index in [4.69, 9.17) is 16.3 Å². The Morgan fingerprint density at radius 1 is 1.32 bits per heavy atom. The summed E-state index contributed by atoms with van der Waals surface area (Å²) in [4.78, 5) is 25.3. The van der Waals surface area contributed by atoms with Crippen LogP contribution in [0.4, 0.5) is 4.79 Å². The molecule has 0 aliphatic carbocycles. The van der Waals surface area contributed by atoms with Crippen molar-refractivity contribution >= 4 is 23.5 Å². The number of amides is 3. The summed E-state index contributed by atoms with van der Waals surface area (Å²) in [7, 11) is 1.49. The van der Waals surface area contributed by atoms with Gasteiger partial charge in [0.05, 0.1) is 13.2 Å². The van der Waals surface area contributed by atoms with E-state index in [1.165, 1.54) is 12.0 Å². The lowest BCUT2D eigenvalue weighted by Crippen LogP contribution is -2.47. The highest BCUT2D eigenvalue weighted by molar-refractivity contribution is 6.30. The molecule has 1 aromatic rings. The number of benzene rings is 1. The van der Waals surface area contributed by atoms with Crippen molar-refractivity contribution in [1.82, 2.24) is 10.2 Å². The Morgan fingerprint density at radius 2 is 1.95 bits per heavy atom. The zero-order valence-corrected chi connectivity index (χ0v) is 11.5. The van der Waals surface area contributed by atoms with Crippen molar-refractivity contribution < 1.29 is 14.3 Å². The highest BCUT2D eigenvalue weighted by Gasteiger charge is 2.47. The third-order valence-corrected chi connectivity index (χ3v) is 3.28. The number of nitrogens with one attached hydrogen (secondary N) is 1. The average Bonchev–Trinajstić information content (AvgIpc) is 2.56. The van der Waals surface area contributed by atoms with Crippen molar-refractivity contribution in [3.8, 4) is 0 Å². The van der Waals surface area contributed by atoms with E-state index in [0.29, 0.717) is 5.02 Å². The Bertz CT molecular complexity index is 503. The van der Waals surface area contributed by atoms with Crippen LogP contribution >= 0.6 is 11.6 Å². The van der Waals surface area contributed by atoms with E-state index >= 15 is 0 Å². The van der Waals surface area contributed by atoms with Crippen molar-refractivity contribution in [2.75, 3.05) is 13.7 Å². The van der Waals surface area contributed by atoms with E-state index in [1.54, 1.807) is 31.2 Å². The number of carbonyl (C=O) groups excluding carboxylic acids is 2. The van der Waals surface area contributed by atoms with Gasteiger partial charge in [0.1, 0.15) is 5.54 Å². The zero-order valence-electron chi connectivity index (χ0n) is 10.8. The van der Waals surface area contributed by atoms with Gasteiger partial charge in [-0.3, -0.25) is 9.69 Å². The Morgan fingerprint density at radius 3 is 2.53 bits per heavy atom. The number of imide groups is 1. The number of ether oxygens (including phenoxy) is 1. The van der Waals surface area contributed by atoms with Gasteiger partial charge in [-0.15, -0.1) is 0 Å². The van der Waals surface area contributed by atoms with Gasteiger partial charge in [-0.1, -0.05) is 23.7 Å². The molecule has 0 aromatic heterocycles. The summed E-state index contributed by atoms with van der Waals surface area (Å²) in [6, 6.07) is 6.62. The Hall–Kier alpha value is -1.59. The lowest BCUT2D eigenvalue weighted by Gasteiger charge is -2.20. The van der Waals surface area contributed by atoms with Crippen LogP contribution in [0.15, 0.2) is 24.3 Å². The number of halogens is 1. The number of hydrogen-bond acceptors (Lipinski definition) is 3. The topological polar surface area (TPSA) is 58.6 Å². The van der Waals surface area contributed by atoms with Gasteiger partial charge in [0.25, 0.3) is 5.91 Å². The number of rotatable bonds is 4. The van der Waals surface area contributed by atoms with E-state index in [2.05, 4.69) is 5.32 Å². The van der Waals surface area contributed by atoms with Gasteiger partial charge in [-0.25, -0.2) is 4.79 Å². The molecule has 0 spiro atoms. The minimum atomic E-state index is -0.988. The summed E-state index contributed by atoms with van der Waals surface area (Å²) >= 11 is 5.80. The molecule has 1 aliphatic heterocycles. The maximum atomic E-state index is 12.2. The molecule has 0 bridgehead atoms. The van der Waals surface area contributed by atoms with Crippen LogP contribution in [0.5, 0.6) is 0 Å². The number of carbonyl (C=O) groups is 2. The fraction of sp³-hybridized carbons (Fsp3) is 0.385. The Balaban J connectivity index is 2.15. The number of urea groups is 1. The molecule has 2 rings (SSSR count). The fourth-order valence-corrected chi connectivity index (χ4v) is 2.18. The first-order chi connectivity index (χ1) is 8.96. The van der Waals surface area contributed by atoms with Crippen molar-refractivity contribution in [3.63, 3.8) is 0 Å². The molecule has 102 valence electrons. The predicted molar refractivity (Wildman–Crippen MR) is 70.8 cm³/mol. The zero-order chi connectivity index (χ0) is 14.0. The van der Waals surface area contributed by atoms with E-state index in [0.717, 1.165) is 5.56 Å². The predicted octanol–water partition coefficient (Wildman–Crippen LogP) is 1.80. The summed E-state index contributed by atoms with van der Waals surface area (Å²) in [6.07, 6.45) is 0. The van der Waals surface area contributed by atoms with Crippen LogP contribution in [-0.4, -0.2) is 36.1 Å². The molecule has 5 nitrogen and oxygen atoms in total. The quantitative estimate of drug-likeness (QED) is 0.857. The summed E-state index contributed by atoms with van der Waals surface area (Å²) in [6.45, 7) is 2.02. The smallest absolute Gasteiger partial charge is 0.325 e. The van der Waals surface area contributed by atoms with Gasteiger partial charge < -0.3 is 10.1 Å². The van der Waals surface area contributed by atoms with Crippen molar-refractivity contribution in [1.29, 1.82) is 0 Å². The molecule has 3 amide bonds. The average molecular weight is 283 g/mol. The maximum absolute atomic E-state index is 12.2. The van der Waals surface area contributed by atoms with Gasteiger partial charge >= 0.3 is 6.03 Å². The molecule has 1 fully saturated rings. The van der Waals surface area contributed by atoms with Crippen LogP contribution in [-0.2, 0) is 16.1 Å². The van der Waals surface area contributed by atoms with E-state index in [9.17, 15) is 9.59 Å². The Labute approximate surface area is 116 Å². The number of methoxy groups -OCH3 is 1. The monoisotopic (exact) mass is 282 g/mol. The van der Waals surface area contributed by atoms with Gasteiger partial charge in [0.15, 0.2) is 0 Å². The molecule has 1 heterocycles. The second-order valence-corrected chi connectivity index (χ2v) is 5.15. The molecular formula is C13H15ClN2O3. The molecule has 1 N–H and O–H groups in total. The van der Waals surface area contributed by atoms with Crippen molar-refractivity contribution in [2.24, 2.45) is 0 Å². The second-order valence-electron chi connectivity index (χ2n) is 4.71. The SMILES string of the molecule is COC[C@]1(C)NC(=O)N(Cc2ccc(Cl)cc2)C1=O. The minimum Gasteiger partial charge on any atom is -0.382 e. The molecule has 6 heteroatoms. The second kappa shape index (κ2) is 5.19. The van der Waals surface area contributed by atoms with Crippen LogP contribution < -0.4 is 5.32 Å². The third kappa shape index (κ3) is 2.72. The first-order valence-corrected chi connectivity index (χ1v) is 6.21. The third-order valence-electron chi connectivity index (χ3n) is 3.03. The maximum Gasteiger partial charge on any atom is 0.325 e. The van der Waals surface area contributed by atoms with Crippen LogP contribution in [0.2, 0.25) is 5.02 Å². The highest BCUT2D eigenvalue weighted by Crippen LogP contribution is 2.21.